The van der Waals surface area contributed by atoms with Gasteiger partial charge in [-0.25, -0.2) is 0 Å². The highest BCUT2D eigenvalue weighted by atomic mass is 16.3. The SMILES string of the molecule is Oc1ccc(-c2c3ccccc3c(-c3ccccc3)c3ccccc23)cc1-c1ccccc1. The van der Waals surface area contributed by atoms with E-state index in [0.717, 1.165) is 16.7 Å². The van der Waals surface area contributed by atoms with Crippen LogP contribution < -0.4 is 0 Å². The van der Waals surface area contributed by atoms with Crippen LogP contribution in [0.4, 0.5) is 0 Å². The normalized spacial score (nSPS) is 11.2. The van der Waals surface area contributed by atoms with Crippen LogP contribution in [0.25, 0.3) is 54.9 Å². The van der Waals surface area contributed by atoms with Gasteiger partial charge in [-0.15, -0.1) is 0 Å². The molecule has 0 aromatic heterocycles. The summed E-state index contributed by atoms with van der Waals surface area (Å²) >= 11 is 0. The van der Waals surface area contributed by atoms with Crippen molar-refractivity contribution in [2.75, 3.05) is 0 Å². The van der Waals surface area contributed by atoms with Gasteiger partial charge in [-0.2, -0.15) is 0 Å². The lowest BCUT2D eigenvalue weighted by Crippen LogP contribution is -1.91. The van der Waals surface area contributed by atoms with E-state index in [2.05, 4.69) is 84.9 Å². The molecule has 0 aliphatic rings. The average molecular weight is 423 g/mol. The third kappa shape index (κ3) is 3.26. The minimum absolute atomic E-state index is 0.291. The third-order valence-corrected chi connectivity index (χ3v) is 6.36. The Hall–Kier alpha value is -4.36. The molecular weight excluding hydrogens is 400 g/mol. The van der Waals surface area contributed by atoms with Crippen molar-refractivity contribution in [3.8, 4) is 39.1 Å². The Bertz CT molecular complexity index is 1540. The summed E-state index contributed by atoms with van der Waals surface area (Å²) in [6.07, 6.45) is 0. The number of fused-ring (bicyclic) bond motifs is 2. The Morgan fingerprint density at radius 2 is 0.788 bits per heavy atom. The van der Waals surface area contributed by atoms with Crippen molar-refractivity contribution in [1.29, 1.82) is 0 Å². The first-order valence-corrected chi connectivity index (χ1v) is 11.2. The maximum Gasteiger partial charge on any atom is 0.123 e. The molecule has 1 N–H and O–H groups in total. The zero-order chi connectivity index (χ0) is 22.2. The molecule has 0 fully saturated rings. The average Bonchev–Trinajstić information content (AvgIpc) is 2.89. The van der Waals surface area contributed by atoms with Crippen molar-refractivity contribution < 1.29 is 5.11 Å². The van der Waals surface area contributed by atoms with Gasteiger partial charge in [0.15, 0.2) is 0 Å². The fraction of sp³-hybridized carbons (Fsp3) is 0. The Morgan fingerprint density at radius 3 is 1.30 bits per heavy atom. The molecule has 6 rings (SSSR count). The molecule has 0 amide bonds. The van der Waals surface area contributed by atoms with Crippen LogP contribution in [-0.4, -0.2) is 5.11 Å². The molecule has 0 atom stereocenters. The second kappa shape index (κ2) is 7.96. The summed E-state index contributed by atoms with van der Waals surface area (Å²) in [7, 11) is 0. The van der Waals surface area contributed by atoms with Gasteiger partial charge in [-0.05, 0) is 61.5 Å². The van der Waals surface area contributed by atoms with Crippen molar-refractivity contribution >= 4 is 21.5 Å². The van der Waals surface area contributed by atoms with Crippen molar-refractivity contribution in [1.82, 2.24) is 0 Å². The summed E-state index contributed by atoms with van der Waals surface area (Å²) in [4.78, 5) is 0. The van der Waals surface area contributed by atoms with Gasteiger partial charge in [0, 0.05) is 5.56 Å². The third-order valence-electron chi connectivity index (χ3n) is 6.36. The molecule has 6 aromatic carbocycles. The van der Waals surface area contributed by atoms with Gasteiger partial charge in [0.2, 0.25) is 0 Å². The molecule has 0 unspecified atom stereocenters. The first-order valence-electron chi connectivity index (χ1n) is 11.2. The zero-order valence-electron chi connectivity index (χ0n) is 18.1. The van der Waals surface area contributed by atoms with Crippen LogP contribution in [0, 0.1) is 0 Å². The van der Waals surface area contributed by atoms with Crippen LogP contribution in [0.15, 0.2) is 127 Å². The fourth-order valence-electron chi connectivity index (χ4n) is 4.90. The van der Waals surface area contributed by atoms with Gasteiger partial charge in [0.05, 0.1) is 0 Å². The highest BCUT2D eigenvalue weighted by molar-refractivity contribution is 6.21. The summed E-state index contributed by atoms with van der Waals surface area (Å²) in [6, 6.07) is 43.9. The molecule has 0 saturated heterocycles. The number of phenols is 1. The van der Waals surface area contributed by atoms with Gasteiger partial charge in [0.1, 0.15) is 5.75 Å². The predicted octanol–water partition coefficient (Wildman–Crippen LogP) is 8.70. The van der Waals surface area contributed by atoms with E-state index in [-0.39, 0.29) is 0 Å². The second-order valence-corrected chi connectivity index (χ2v) is 8.31. The molecule has 0 bridgehead atoms. The summed E-state index contributed by atoms with van der Waals surface area (Å²) in [6.45, 7) is 0. The quantitative estimate of drug-likeness (QED) is 0.283. The van der Waals surface area contributed by atoms with Crippen molar-refractivity contribution in [3.05, 3.63) is 127 Å². The predicted molar refractivity (Wildman–Crippen MR) is 139 cm³/mol. The van der Waals surface area contributed by atoms with E-state index >= 15 is 0 Å². The zero-order valence-corrected chi connectivity index (χ0v) is 18.1. The Balaban J connectivity index is 1.72. The van der Waals surface area contributed by atoms with Crippen LogP contribution in [0.2, 0.25) is 0 Å². The number of hydrogen-bond acceptors (Lipinski definition) is 1. The number of hydrogen-bond donors (Lipinski definition) is 1. The summed E-state index contributed by atoms with van der Waals surface area (Å²) in [5.41, 5.74) is 6.61. The number of rotatable bonds is 3. The number of aromatic hydroxyl groups is 1. The smallest absolute Gasteiger partial charge is 0.123 e. The minimum Gasteiger partial charge on any atom is -0.507 e. The van der Waals surface area contributed by atoms with E-state index in [0.29, 0.717) is 5.75 Å². The molecule has 0 spiro atoms. The van der Waals surface area contributed by atoms with Crippen LogP contribution >= 0.6 is 0 Å². The maximum absolute atomic E-state index is 10.7. The first kappa shape index (κ1) is 19.3. The van der Waals surface area contributed by atoms with E-state index in [1.807, 2.05) is 42.5 Å². The lowest BCUT2D eigenvalue weighted by Gasteiger charge is -2.18. The van der Waals surface area contributed by atoms with Crippen molar-refractivity contribution in [3.63, 3.8) is 0 Å². The molecule has 156 valence electrons. The molecule has 0 aliphatic heterocycles. The molecule has 33 heavy (non-hydrogen) atoms. The molecule has 0 heterocycles. The summed E-state index contributed by atoms with van der Waals surface area (Å²) < 4.78 is 0. The van der Waals surface area contributed by atoms with Crippen LogP contribution in [-0.2, 0) is 0 Å². The summed E-state index contributed by atoms with van der Waals surface area (Å²) in [5.74, 6) is 0.291. The van der Waals surface area contributed by atoms with E-state index in [1.165, 1.54) is 38.2 Å². The molecular formula is C32H22O. The van der Waals surface area contributed by atoms with Crippen LogP contribution in [0.3, 0.4) is 0 Å². The Labute approximate surface area is 193 Å². The van der Waals surface area contributed by atoms with E-state index < -0.39 is 0 Å². The van der Waals surface area contributed by atoms with Gasteiger partial charge in [-0.3, -0.25) is 0 Å². The molecule has 0 radical (unpaired) electrons. The largest absolute Gasteiger partial charge is 0.507 e. The van der Waals surface area contributed by atoms with E-state index in [4.69, 9.17) is 0 Å². The van der Waals surface area contributed by atoms with Gasteiger partial charge < -0.3 is 5.11 Å². The number of phenolic OH excluding ortho intramolecular Hbond substituents is 1. The minimum atomic E-state index is 0.291. The molecule has 1 nitrogen and oxygen atoms in total. The first-order chi connectivity index (χ1) is 16.3. The van der Waals surface area contributed by atoms with Gasteiger partial charge >= 0.3 is 0 Å². The fourth-order valence-corrected chi connectivity index (χ4v) is 4.90. The molecule has 0 aliphatic carbocycles. The lowest BCUT2D eigenvalue weighted by atomic mass is 9.85. The molecule has 0 saturated carbocycles. The summed E-state index contributed by atoms with van der Waals surface area (Å²) in [5, 5.41) is 15.5. The van der Waals surface area contributed by atoms with Crippen molar-refractivity contribution in [2.45, 2.75) is 0 Å². The standard InChI is InChI=1S/C32H22O/c33-30-20-19-24(21-29(30)22-11-3-1-4-12-22)32-27-17-9-7-15-25(27)31(23-13-5-2-6-14-23)26-16-8-10-18-28(26)32/h1-21,33H. The van der Waals surface area contributed by atoms with Gasteiger partial charge in [0.25, 0.3) is 0 Å². The Kier molecular flexibility index (Phi) is 4.66. The van der Waals surface area contributed by atoms with E-state index in [9.17, 15) is 5.11 Å². The van der Waals surface area contributed by atoms with Crippen LogP contribution in [0.1, 0.15) is 0 Å². The second-order valence-electron chi connectivity index (χ2n) is 8.31. The topological polar surface area (TPSA) is 20.2 Å². The molecule has 1 heteroatoms. The van der Waals surface area contributed by atoms with Crippen molar-refractivity contribution in [2.24, 2.45) is 0 Å². The van der Waals surface area contributed by atoms with E-state index in [1.54, 1.807) is 0 Å². The lowest BCUT2D eigenvalue weighted by molar-refractivity contribution is 0.477. The van der Waals surface area contributed by atoms with Gasteiger partial charge in [-0.1, -0.05) is 115 Å². The van der Waals surface area contributed by atoms with Crippen LogP contribution in [0.5, 0.6) is 5.75 Å². The molecule has 6 aromatic rings. The highest BCUT2D eigenvalue weighted by Crippen LogP contribution is 2.44. The highest BCUT2D eigenvalue weighted by Gasteiger charge is 2.17. The number of benzene rings is 6. The monoisotopic (exact) mass is 422 g/mol. The Morgan fingerprint density at radius 1 is 0.364 bits per heavy atom. The maximum atomic E-state index is 10.7.